The fourth-order valence-corrected chi connectivity index (χ4v) is 4.36. The van der Waals surface area contributed by atoms with Crippen molar-refractivity contribution in [2.45, 2.75) is 92.7 Å². The molecule has 0 radical (unpaired) electrons. The van der Waals surface area contributed by atoms with Crippen LogP contribution in [0.5, 0.6) is 0 Å². The average Bonchev–Trinajstić information content (AvgIpc) is 3.51. The number of unbranched alkanes of at least 4 members (excludes halogenated alkanes) is 1. The molecule has 1 aliphatic carbocycles. The van der Waals surface area contributed by atoms with Crippen LogP contribution in [0.4, 0.5) is 0 Å². The van der Waals surface area contributed by atoms with Crippen LogP contribution in [-0.2, 0) is 16.1 Å². The smallest absolute Gasteiger partial charge is 0.355 e. The maximum absolute atomic E-state index is 13.4. The molecule has 6 nitrogen and oxygen atoms in total. The van der Waals surface area contributed by atoms with Gasteiger partial charge in [-0.3, -0.25) is 9.59 Å². The summed E-state index contributed by atoms with van der Waals surface area (Å²) in [6.45, 7) is 12.5. The number of carbonyl (C=O) groups excluding carboxylic acids is 3. The second-order valence-corrected chi connectivity index (χ2v) is 8.27. The van der Waals surface area contributed by atoms with Crippen LogP contribution < -0.4 is 0 Å². The van der Waals surface area contributed by atoms with Gasteiger partial charge in [-0.15, -0.1) is 0 Å². The van der Waals surface area contributed by atoms with Crippen LogP contribution in [0.1, 0.15) is 98.3 Å². The number of Topliss-reactive ketones (excluding diaryl/α,β-unsaturated/α-hetero) is 1. The zero-order chi connectivity index (χ0) is 22.4. The van der Waals surface area contributed by atoms with Crippen molar-refractivity contribution in [3.8, 4) is 0 Å². The van der Waals surface area contributed by atoms with Crippen molar-refractivity contribution >= 4 is 17.7 Å². The zero-order valence-electron chi connectivity index (χ0n) is 19.5. The Kier molecular flexibility index (Phi) is 8.68. The minimum absolute atomic E-state index is 0.0177. The third kappa shape index (κ3) is 5.13. The Morgan fingerprint density at radius 2 is 1.80 bits per heavy atom. The van der Waals surface area contributed by atoms with Crippen molar-refractivity contribution in [2.24, 2.45) is 5.92 Å². The van der Waals surface area contributed by atoms with E-state index in [1.54, 1.807) is 18.7 Å². The number of hydrogen-bond donors (Lipinski definition) is 0. The largest absolute Gasteiger partial charge is 0.461 e. The van der Waals surface area contributed by atoms with Crippen LogP contribution in [0.15, 0.2) is 0 Å². The normalized spacial score (nSPS) is 14.5. The highest BCUT2D eigenvalue weighted by atomic mass is 16.5. The molecule has 1 heterocycles. The van der Waals surface area contributed by atoms with E-state index in [0.717, 1.165) is 44.2 Å². The molecule has 0 spiro atoms. The van der Waals surface area contributed by atoms with Gasteiger partial charge in [-0.25, -0.2) is 4.79 Å². The summed E-state index contributed by atoms with van der Waals surface area (Å²) in [7, 11) is 0. The summed E-state index contributed by atoms with van der Waals surface area (Å²) in [4.78, 5) is 40.9. The van der Waals surface area contributed by atoms with Gasteiger partial charge in [0.25, 0.3) is 0 Å². The molecule has 1 atom stereocenters. The Bertz CT molecular complexity index is 777. The number of carbonyl (C=O) groups is 3. The van der Waals surface area contributed by atoms with E-state index in [1.807, 2.05) is 25.3 Å². The number of ether oxygens (including phenoxy) is 1. The van der Waals surface area contributed by atoms with Gasteiger partial charge >= 0.3 is 5.97 Å². The quantitative estimate of drug-likeness (QED) is 0.365. The van der Waals surface area contributed by atoms with E-state index in [9.17, 15) is 14.4 Å². The molecule has 0 saturated heterocycles. The lowest BCUT2D eigenvalue weighted by Crippen LogP contribution is -2.41. The third-order valence-corrected chi connectivity index (χ3v) is 6.16. The maximum Gasteiger partial charge on any atom is 0.355 e. The fraction of sp³-hybridized carbons (Fsp3) is 0.708. The van der Waals surface area contributed by atoms with E-state index < -0.39 is 5.97 Å². The molecule has 0 aliphatic heterocycles. The molecule has 1 amide bonds. The number of ketones is 1. The standard InChI is InChI=1S/C24H38N2O4/c1-7-11-12-18(8-2)23(28)26(19-13-14-19)15-20(27)21-16(5)22(24(29)30-10-4)25(9-3)17(21)6/h18-19H,7-15H2,1-6H3/t18-/m1/s1. The fourth-order valence-electron chi connectivity index (χ4n) is 4.36. The summed E-state index contributed by atoms with van der Waals surface area (Å²) in [5.41, 5.74) is 2.42. The van der Waals surface area contributed by atoms with Gasteiger partial charge in [0.05, 0.1) is 13.2 Å². The van der Waals surface area contributed by atoms with Gasteiger partial charge in [-0.05, 0) is 58.9 Å². The molecule has 1 aliphatic rings. The van der Waals surface area contributed by atoms with Crippen molar-refractivity contribution in [1.82, 2.24) is 9.47 Å². The van der Waals surface area contributed by atoms with Crippen molar-refractivity contribution in [3.63, 3.8) is 0 Å². The molecule has 0 aromatic carbocycles. The first kappa shape index (κ1) is 24.2. The molecule has 0 bridgehead atoms. The summed E-state index contributed by atoms with van der Waals surface area (Å²) in [5.74, 6) is -0.401. The van der Waals surface area contributed by atoms with E-state index in [1.165, 1.54) is 0 Å². The minimum Gasteiger partial charge on any atom is -0.461 e. The van der Waals surface area contributed by atoms with Crippen molar-refractivity contribution in [1.29, 1.82) is 0 Å². The first-order valence-corrected chi connectivity index (χ1v) is 11.5. The van der Waals surface area contributed by atoms with Crippen LogP contribution in [0, 0.1) is 19.8 Å². The number of hydrogen-bond acceptors (Lipinski definition) is 4. The molecular weight excluding hydrogens is 380 g/mol. The van der Waals surface area contributed by atoms with Crippen molar-refractivity contribution < 1.29 is 19.1 Å². The Balaban J connectivity index is 2.30. The summed E-state index contributed by atoms with van der Waals surface area (Å²) in [6.07, 6.45) is 5.69. The first-order chi connectivity index (χ1) is 14.3. The molecule has 1 aromatic rings. The molecule has 1 fully saturated rings. The maximum atomic E-state index is 13.4. The van der Waals surface area contributed by atoms with Crippen LogP contribution in [0.3, 0.4) is 0 Å². The summed E-state index contributed by atoms with van der Waals surface area (Å²) in [5, 5.41) is 0. The van der Waals surface area contributed by atoms with E-state index in [-0.39, 0.29) is 36.8 Å². The molecular formula is C24H38N2O4. The van der Waals surface area contributed by atoms with Crippen LogP contribution in [0.2, 0.25) is 0 Å². The van der Waals surface area contributed by atoms with Crippen molar-refractivity contribution in [3.05, 3.63) is 22.5 Å². The molecule has 168 valence electrons. The lowest BCUT2D eigenvalue weighted by molar-refractivity contribution is -0.136. The average molecular weight is 419 g/mol. The highest BCUT2D eigenvalue weighted by molar-refractivity contribution is 6.04. The van der Waals surface area contributed by atoms with Crippen LogP contribution in [0.25, 0.3) is 0 Å². The molecule has 1 aromatic heterocycles. The topological polar surface area (TPSA) is 68.6 Å². The number of amides is 1. The predicted molar refractivity (Wildman–Crippen MR) is 118 cm³/mol. The molecule has 0 N–H and O–H groups in total. The minimum atomic E-state index is -0.403. The number of esters is 1. The van der Waals surface area contributed by atoms with E-state index in [2.05, 4.69) is 6.92 Å². The van der Waals surface area contributed by atoms with Gasteiger partial charge in [0.1, 0.15) is 5.69 Å². The van der Waals surface area contributed by atoms with Gasteiger partial charge in [-0.1, -0.05) is 26.7 Å². The molecule has 1 saturated carbocycles. The monoisotopic (exact) mass is 418 g/mol. The zero-order valence-corrected chi connectivity index (χ0v) is 19.5. The Labute approximate surface area is 181 Å². The Hall–Kier alpha value is -2.11. The highest BCUT2D eigenvalue weighted by Crippen LogP contribution is 2.31. The number of rotatable bonds is 12. The van der Waals surface area contributed by atoms with Gasteiger partial charge in [0.2, 0.25) is 5.91 Å². The SMILES string of the molecule is CCCC[C@@H](CC)C(=O)N(CC(=O)c1c(C)c(C(=O)OCC)n(CC)c1C)C1CC1. The molecule has 0 unspecified atom stereocenters. The third-order valence-electron chi connectivity index (χ3n) is 6.16. The summed E-state index contributed by atoms with van der Waals surface area (Å²) >= 11 is 0. The second kappa shape index (κ2) is 10.8. The lowest BCUT2D eigenvalue weighted by Gasteiger charge is -2.26. The lowest BCUT2D eigenvalue weighted by atomic mass is 9.97. The van der Waals surface area contributed by atoms with E-state index in [0.29, 0.717) is 23.4 Å². The molecule has 6 heteroatoms. The second-order valence-electron chi connectivity index (χ2n) is 8.27. The van der Waals surface area contributed by atoms with Crippen molar-refractivity contribution in [2.75, 3.05) is 13.2 Å². The Morgan fingerprint density at radius 1 is 1.13 bits per heavy atom. The van der Waals surface area contributed by atoms with E-state index in [4.69, 9.17) is 4.74 Å². The van der Waals surface area contributed by atoms with E-state index >= 15 is 0 Å². The van der Waals surface area contributed by atoms with Crippen LogP contribution in [-0.4, -0.2) is 46.3 Å². The van der Waals surface area contributed by atoms with Gasteiger partial charge in [-0.2, -0.15) is 0 Å². The molecule has 30 heavy (non-hydrogen) atoms. The van der Waals surface area contributed by atoms with Crippen LogP contribution >= 0.6 is 0 Å². The number of aromatic nitrogens is 1. The van der Waals surface area contributed by atoms with Gasteiger partial charge in [0, 0.05) is 29.8 Å². The summed E-state index contributed by atoms with van der Waals surface area (Å²) in [6, 6.07) is 0.176. The Morgan fingerprint density at radius 3 is 2.30 bits per heavy atom. The predicted octanol–water partition coefficient (Wildman–Crippen LogP) is 4.69. The van der Waals surface area contributed by atoms with Gasteiger partial charge < -0.3 is 14.2 Å². The first-order valence-electron chi connectivity index (χ1n) is 11.5. The molecule has 2 rings (SSSR count). The number of nitrogens with zero attached hydrogens (tertiary/aromatic N) is 2. The highest BCUT2D eigenvalue weighted by Gasteiger charge is 2.37. The van der Waals surface area contributed by atoms with Gasteiger partial charge in [0.15, 0.2) is 5.78 Å². The summed E-state index contributed by atoms with van der Waals surface area (Å²) < 4.78 is 7.06.